The monoisotopic (exact) mass is 191 g/mol. The van der Waals surface area contributed by atoms with Gasteiger partial charge in [0.2, 0.25) is 0 Å². The lowest BCUT2D eigenvalue weighted by atomic mass is 10.2. The molecular formula is C9H21NOS. The van der Waals surface area contributed by atoms with Gasteiger partial charge in [-0.05, 0) is 18.6 Å². The van der Waals surface area contributed by atoms with Gasteiger partial charge in [0.1, 0.15) is 0 Å². The summed E-state index contributed by atoms with van der Waals surface area (Å²) in [5, 5.41) is 12.2. The van der Waals surface area contributed by atoms with Gasteiger partial charge >= 0.3 is 0 Å². The van der Waals surface area contributed by atoms with Crippen molar-refractivity contribution < 1.29 is 5.11 Å². The Bertz CT molecular complexity index is 101. The van der Waals surface area contributed by atoms with Crippen molar-refractivity contribution in [2.45, 2.75) is 26.3 Å². The normalized spacial score (nSPS) is 16.0. The van der Waals surface area contributed by atoms with E-state index >= 15 is 0 Å². The lowest BCUT2D eigenvalue weighted by Crippen LogP contribution is -2.34. The van der Waals surface area contributed by atoms with Crippen LogP contribution >= 0.6 is 11.8 Å². The molecule has 3 heteroatoms. The maximum Gasteiger partial charge on any atom is 0.0468 e. The van der Waals surface area contributed by atoms with E-state index in [0.717, 1.165) is 12.3 Å². The van der Waals surface area contributed by atoms with Crippen LogP contribution in [-0.4, -0.2) is 36.3 Å². The van der Waals surface area contributed by atoms with Crippen LogP contribution in [0.15, 0.2) is 0 Å². The van der Waals surface area contributed by atoms with Gasteiger partial charge in [0.25, 0.3) is 0 Å². The fourth-order valence-corrected chi connectivity index (χ4v) is 1.71. The lowest BCUT2D eigenvalue weighted by molar-refractivity contribution is 0.230. The Hall–Kier alpha value is 0.270. The molecule has 0 aromatic rings. The number of hydrogen-bond acceptors (Lipinski definition) is 3. The zero-order valence-electron chi connectivity index (χ0n) is 8.34. The molecule has 0 amide bonds. The third-order valence-electron chi connectivity index (χ3n) is 1.93. The van der Waals surface area contributed by atoms with Crippen molar-refractivity contribution in [2.75, 3.05) is 25.2 Å². The van der Waals surface area contributed by atoms with Gasteiger partial charge in [-0.15, -0.1) is 0 Å². The van der Waals surface area contributed by atoms with Crippen LogP contribution in [-0.2, 0) is 0 Å². The van der Waals surface area contributed by atoms with Crippen LogP contribution in [0.4, 0.5) is 0 Å². The van der Waals surface area contributed by atoms with Gasteiger partial charge in [-0.3, -0.25) is 0 Å². The highest BCUT2D eigenvalue weighted by atomic mass is 32.2. The van der Waals surface area contributed by atoms with Crippen molar-refractivity contribution in [3.05, 3.63) is 0 Å². The molecule has 0 aromatic carbocycles. The van der Waals surface area contributed by atoms with Crippen molar-refractivity contribution in [3.8, 4) is 0 Å². The van der Waals surface area contributed by atoms with Crippen LogP contribution in [0.2, 0.25) is 0 Å². The minimum absolute atomic E-state index is 0.280. The number of aliphatic hydroxyl groups excluding tert-OH is 1. The summed E-state index contributed by atoms with van der Waals surface area (Å²) in [6.45, 7) is 5.45. The molecule has 0 radical (unpaired) electrons. The molecule has 0 saturated heterocycles. The van der Waals surface area contributed by atoms with Gasteiger partial charge in [-0.2, -0.15) is 11.8 Å². The van der Waals surface area contributed by atoms with Crippen LogP contribution < -0.4 is 5.32 Å². The van der Waals surface area contributed by atoms with Crippen LogP contribution in [0.1, 0.15) is 20.3 Å². The Morgan fingerprint density at radius 1 is 1.50 bits per heavy atom. The van der Waals surface area contributed by atoms with Crippen molar-refractivity contribution in [3.63, 3.8) is 0 Å². The van der Waals surface area contributed by atoms with Crippen molar-refractivity contribution in [1.29, 1.82) is 0 Å². The Morgan fingerprint density at radius 3 is 2.58 bits per heavy atom. The highest BCUT2D eigenvalue weighted by molar-refractivity contribution is 7.98. The van der Waals surface area contributed by atoms with E-state index in [9.17, 15) is 0 Å². The first-order chi connectivity index (χ1) is 5.74. The van der Waals surface area contributed by atoms with Crippen molar-refractivity contribution in [1.82, 2.24) is 5.32 Å². The molecule has 2 unspecified atom stereocenters. The second kappa shape index (κ2) is 7.90. The molecule has 0 aliphatic rings. The molecule has 0 bridgehead atoms. The van der Waals surface area contributed by atoms with Crippen LogP contribution in [0, 0.1) is 5.92 Å². The minimum Gasteiger partial charge on any atom is -0.396 e. The number of thioether (sulfide) groups is 1. The van der Waals surface area contributed by atoms with Gasteiger partial charge in [-0.25, -0.2) is 0 Å². The molecular weight excluding hydrogens is 170 g/mol. The SMILES string of the molecule is CCC(CSC)NCC(C)CO. The summed E-state index contributed by atoms with van der Waals surface area (Å²) in [6.07, 6.45) is 3.29. The summed E-state index contributed by atoms with van der Waals surface area (Å²) in [7, 11) is 0. The average molecular weight is 191 g/mol. The second-order valence-electron chi connectivity index (χ2n) is 3.26. The first-order valence-corrected chi connectivity index (χ1v) is 5.97. The molecule has 0 heterocycles. The third kappa shape index (κ3) is 5.86. The molecule has 0 rings (SSSR count). The Labute approximate surface area is 80.1 Å². The summed E-state index contributed by atoms with van der Waals surface area (Å²) in [5.41, 5.74) is 0. The van der Waals surface area contributed by atoms with Crippen molar-refractivity contribution in [2.24, 2.45) is 5.92 Å². The number of rotatable bonds is 7. The second-order valence-corrected chi connectivity index (χ2v) is 4.17. The van der Waals surface area contributed by atoms with Crippen molar-refractivity contribution >= 4 is 11.8 Å². The summed E-state index contributed by atoms with van der Waals surface area (Å²) in [6, 6.07) is 0.606. The molecule has 0 fully saturated rings. The molecule has 2 N–H and O–H groups in total. The molecule has 0 aliphatic heterocycles. The smallest absolute Gasteiger partial charge is 0.0468 e. The zero-order chi connectivity index (χ0) is 9.40. The highest BCUT2D eigenvalue weighted by Crippen LogP contribution is 2.01. The summed E-state index contributed by atoms with van der Waals surface area (Å²) < 4.78 is 0. The quantitative estimate of drug-likeness (QED) is 0.637. The van der Waals surface area contributed by atoms with E-state index < -0.39 is 0 Å². The topological polar surface area (TPSA) is 32.3 Å². The van der Waals surface area contributed by atoms with E-state index in [2.05, 4.69) is 25.4 Å². The van der Waals surface area contributed by atoms with Crippen LogP contribution in [0.3, 0.4) is 0 Å². The molecule has 74 valence electrons. The number of aliphatic hydroxyl groups is 1. The molecule has 0 aliphatic carbocycles. The fourth-order valence-electron chi connectivity index (χ4n) is 0.955. The van der Waals surface area contributed by atoms with E-state index in [-0.39, 0.29) is 6.61 Å². The maximum atomic E-state index is 8.81. The first kappa shape index (κ1) is 12.3. The van der Waals surface area contributed by atoms with Gasteiger partial charge < -0.3 is 10.4 Å². The molecule has 12 heavy (non-hydrogen) atoms. The molecule has 0 saturated carbocycles. The minimum atomic E-state index is 0.280. The molecule has 2 nitrogen and oxygen atoms in total. The number of nitrogens with one attached hydrogen (secondary N) is 1. The fraction of sp³-hybridized carbons (Fsp3) is 1.00. The van der Waals surface area contributed by atoms with E-state index in [1.807, 2.05) is 11.8 Å². The average Bonchev–Trinajstić information content (AvgIpc) is 2.11. The summed E-state index contributed by atoms with van der Waals surface area (Å²) in [5.74, 6) is 1.54. The highest BCUT2D eigenvalue weighted by Gasteiger charge is 2.06. The lowest BCUT2D eigenvalue weighted by Gasteiger charge is -2.17. The Kier molecular flexibility index (Phi) is 8.07. The standard InChI is InChI=1S/C9H21NOS/c1-4-9(7-12-3)10-5-8(2)6-11/h8-11H,4-7H2,1-3H3. The van der Waals surface area contributed by atoms with Crippen LogP contribution in [0.5, 0.6) is 0 Å². The molecule has 0 spiro atoms. The van der Waals surface area contributed by atoms with E-state index in [4.69, 9.17) is 5.11 Å². The summed E-state index contributed by atoms with van der Waals surface area (Å²) >= 11 is 1.87. The number of hydrogen-bond donors (Lipinski definition) is 2. The van der Waals surface area contributed by atoms with E-state index in [1.165, 1.54) is 6.42 Å². The Balaban J connectivity index is 3.43. The third-order valence-corrected chi connectivity index (χ3v) is 2.66. The van der Waals surface area contributed by atoms with Gasteiger partial charge in [-0.1, -0.05) is 13.8 Å². The van der Waals surface area contributed by atoms with Crippen LogP contribution in [0.25, 0.3) is 0 Å². The maximum absolute atomic E-state index is 8.81. The van der Waals surface area contributed by atoms with Gasteiger partial charge in [0.05, 0.1) is 0 Å². The first-order valence-electron chi connectivity index (χ1n) is 4.57. The summed E-state index contributed by atoms with van der Waals surface area (Å²) in [4.78, 5) is 0. The predicted molar refractivity (Wildman–Crippen MR) is 56.7 cm³/mol. The Morgan fingerprint density at radius 2 is 2.17 bits per heavy atom. The van der Waals surface area contributed by atoms with Gasteiger partial charge in [0, 0.05) is 24.9 Å². The molecule has 2 atom stereocenters. The largest absolute Gasteiger partial charge is 0.396 e. The molecule has 0 aromatic heterocycles. The van der Waals surface area contributed by atoms with Gasteiger partial charge in [0.15, 0.2) is 0 Å². The van der Waals surface area contributed by atoms with E-state index in [0.29, 0.717) is 12.0 Å². The van der Waals surface area contributed by atoms with E-state index in [1.54, 1.807) is 0 Å². The predicted octanol–water partition coefficient (Wildman–Crippen LogP) is 1.35. The zero-order valence-corrected chi connectivity index (χ0v) is 9.16.